The molecule has 6 nitrogen and oxygen atoms in total. The van der Waals surface area contributed by atoms with E-state index in [0.29, 0.717) is 13.0 Å². The van der Waals surface area contributed by atoms with E-state index in [-0.39, 0.29) is 24.1 Å². The SMILES string of the molecule is CCC(CCO)CNC(=O)c1cn(-c2ccccc2)nn1. The van der Waals surface area contributed by atoms with Crippen LogP contribution in [0.1, 0.15) is 30.3 Å². The van der Waals surface area contributed by atoms with Crippen molar-refractivity contribution in [2.24, 2.45) is 5.92 Å². The van der Waals surface area contributed by atoms with Gasteiger partial charge in [0.15, 0.2) is 5.69 Å². The predicted octanol–water partition coefficient (Wildman–Crippen LogP) is 1.41. The van der Waals surface area contributed by atoms with Gasteiger partial charge >= 0.3 is 0 Å². The molecule has 0 aliphatic heterocycles. The van der Waals surface area contributed by atoms with Crippen molar-refractivity contribution in [1.82, 2.24) is 20.3 Å². The molecule has 1 aromatic carbocycles. The second-order valence-electron chi connectivity index (χ2n) is 4.88. The lowest BCUT2D eigenvalue weighted by Crippen LogP contribution is -2.29. The molecule has 21 heavy (non-hydrogen) atoms. The van der Waals surface area contributed by atoms with E-state index in [1.807, 2.05) is 37.3 Å². The van der Waals surface area contributed by atoms with Gasteiger partial charge in [-0.2, -0.15) is 0 Å². The zero-order valence-corrected chi connectivity index (χ0v) is 12.1. The van der Waals surface area contributed by atoms with Crippen LogP contribution in [0.2, 0.25) is 0 Å². The van der Waals surface area contributed by atoms with Gasteiger partial charge in [0, 0.05) is 13.2 Å². The molecule has 1 heterocycles. The van der Waals surface area contributed by atoms with Gasteiger partial charge in [-0.1, -0.05) is 36.8 Å². The Labute approximate surface area is 123 Å². The molecule has 6 heteroatoms. The third-order valence-electron chi connectivity index (χ3n) is 3.41. The van der Waals surface area contributed by atoms with Crippen LogP contribution in [0.5, 0.6) is 0 Å². The summed E-state index contributed by atoms with van der Waals surface area (Å²) in [5.41, 5.74) is 1.15. The first-order valence-electron chi connectivity index (χ1n) is 7.11. The second-order valence-corrected chi connectivity index (χ2v) is 4.88. The molecule has 1 amide bonds. The lowest BCUT2D eigenvalue weighted by molar-refractivity contribution is 0.0938. The van der Waals surface area contributed by atoms with Crippen LogP contribution in [0.4, 0.5) is 0 Å². The van der Waals surface area contributed by atoms with Gasteiger partial charge in [-0.15, -0.1) is 5.10 Å². The second kappa shape index (κ2) is 7.54. The van der Waals surface area contributed by atoms with Gasteiger partial charge in [0.25, 0.3) is 5.91 Å². The van der Waals surface area contributed by atoms with E-state index in [4.69, 9.17) is 5.11 Å². The molecule has 0 radical (unpaired) electrons. The number of aliphatic hydroxyl groups excluding tert-OH is 1. The molecule has 112 valence electrons. The third kappa shape index (κ3) is 4.13. The van der Waals surface area contributed by atoms with Crippen LogP contribution in [-0.2, 0) is 0 Å². The van der Waals surface area contributed by atoms with E-state index < -0.39 is 0 Å². The minimum absolute atomic E-state index is 0.137. The number of carbonyl (C=O) groups excluding carboxylic acids is 1. The zero-order valence-electron chi connectivity index (χ0n) is 12.1. The van der Waals surface area contributed by atoms with Gasteiger partial charge in [0.2, 0.25) is 0 Å². The fraction of sp³-hybridized carbons (Fsp3) is 0.400. The van der Waals surface area contributed by atoms with E-state index in [0.717, 1.165) is 12.1 Å². The fourth-order valence-electron chi connectivity index (χ4n) is 2.04. The Bertz CT molecular complexity index is 568. The largest absolute Gasteiger partial charge is 0.396 e. The van der Waals surface area contributed by atoms with Gasteiger partial charge < -0.3 is 10.4 Å². The van der Waals surface area contributed by atoms with Crippen molar-refractivity contribution in [3.63, 3.8) is 0 Å². The Hall–Kier alpha value is -2.21. The molecule has 0 bridgehead atoms. The van der Waals surface area contributed by atoms with Gasteiger partial charge in [-0.3, -0.25) is 4.79 Å². The summed E-state index contributed by atoms with van der Waals surface area (Å²) >= 11 is 0. The van der Waals surface area contributed by atoms with Crippen LogP contribution in [0.15, 0.2) is 36.5 Å². The average molecular weight is 288 g/mol. The topological polar surface area (TPSA) is 80.0 Å². The number of rotatable bonds is 7. The molecule has 0 fully saturated rings. The summed E-state index contributed by atoms with van der Waals surface area (Å²) < 4.78 is 1.57. The molecule has 1 aromatic heterocycles. The Morgan fingerprint density at radius 1 is 1.38 bits per heavy atom. The first-order valence-corrected chi connectivity index (χ1v) is 7.11. The number of hydrogen-bond acceptors (Lipinski definition) is 4. The van der Waals surface area contributed by atoms with Crippen molar-refractivity contribution in [3.8, 4) is 5.69 Å². The highest BCUT2D eigenvalue weighted by molar-refractivity contribution is 5.91. The number of benzene rings is 1. The molecule has 0 aliphatic rings. The minimum atomic E-state index is -0.242. The van der Waals surface area contributed by atoms with Crippen molar-refractivity contribution in [2.45, 2.75) is 19.8 Å². The van der Waals surface area contributed by atoms with Crippen molar-refractivity contribution in [1.29, 1.82) is 0 Å². The van der Waals surface area contributed by atoms with Crippen molar-refractivity contribution >= 4 is 5.91 Å². The van der Waals surface area contributed by atoms with Crippen LogP contribution in [0.25, 0.3) is 5.69 Å². The molecule has 0 aliphatic carbocycles. The summed E-state index contributed by atoms with van der Waals surface area (Å²) in [5, 5.41) is 19.6. The minimum Gasteiger partial charge on any atom is -0.396 e. The number of aliphatic hydroxyl groups is 1. The van der Waals surface area contributed by atoms with E-state index in [1.54, 1.807) is 10.9 Å². The van der Waals surface area contributed by atoms with Crippen LogP contribution in [0, 0.1) is 5.92 Å². The molecule has 2 aromatic rings. The van der Waals surface area contributed by atoms with E-state index in [2.05, 4.69) is 15.6 Å². The smallest absolute Gasteiger partial charge is 0.273 e. The van der Waals surface area contributed by atoms with E-state index in [1.165, 1.54) is 0 Å². The number of aromatic nitrogens is 3. The lowest BCUT2D eigenvalue weighted by Gasteiger charge is -2.13. The Morgan fingerprint density at radius 3 is 2.81 bits per heavy atom. The lowest BCUT2D eigenvalue weighted by atomic mass is 10.0. The number of amides is 1. The highest BCUT2D eigenvalue weighted by atomic mass is 16.3. The Kier molecular flexibility index (Phi) is 5.45. The maximum atomic E-state index is 12.0. The maximum Gasteiger partial charge on any atom is 0.273 e. The van der Waals surface area contributed by atoms with Crippen LogP contribution in [-0.4, -0.2) is 39.2 Å². The molecule has 2 rings (SSSR count). The molecular formula is C15H20N4O2. The first-order chi connectivity index (χ1) is 10.2. The van der Waals surface area contributed by atoms with Gasteiger partial charge in [-0.05, 0) is 24.5 Å². The molecule has 0 saturated carbocycles. The third-order valence-corrected chi connectivity index (χ3v) is 3.41. The van der Waals surface area contributed by atoms with E-state index >= 15 is 0 Å². The summed E-state index contributed by atoms with van der Waals surface area (Å²) in [7, 11) is 0. The molecule has 0 saturated heterocycles. The highest BCUT2D eigenvalue weighted by Gasteiger charge is 2.13. The molecule has 1 atom stereocenters. The zero-order chi connectivity index (χ0) is 15.1. The van der Waals surface area contributed by atoms with Crippen molar-refractivity contribution in [3.05, 3.63) is 42.2 Å². The van der Waals surface area contributed by atoms with Crippen LogP contribution < -0.4 is 5.32 Å². The molecule has 1 unspecified atom stereocenters. The Balaban J connectivity index is 1.96. The van der Waals surface area contributed by atoms with Gasteiger partial charge in [0.05, 0.1) is 11.9 Å². The van der Waals surface area contributed by atoms with Gasteiger partial charge in [0.1, 0.15) is 0 Å². The number of nitrogens with one attached hydrogen (secondary N) is 1. The quantitative estimate of drug-likeness (QED) is 0.807. The highest BCUT2D eigenvalue weighted by Crippen LogP contribution is 2.07. The number of para-hydroxylation sites is 1. The molecule has 2 N–H and O–H groups in total. The molecular weight excluding hydrogens is 268 g/mol. The van der Waals surface area contributed by atoms with Crippen molar-refractivity contribution in [2.75, 3.05) is 13.2 Å². The Morgan fingerprint density at radius 2 is 2.14 bits per heavy atom. The first kappa shape index (κ1) is 15.2. The standard InChI is InChI=1S/C15H20N4O2/c1-2-12(8-9-20)10-16-15(21)14-11-19(18-17-14)13-6-4-3-5-7-13/h3-7,11-12,20H,2,8-10H2,1H3,(H,16,21). The fourth-order valence-corrected chi connectivity index (χ4v) is 2.04. The predicted molar refractivity (Wildman–Crippen MR) is 79.2 cm³/mol. The van der Waals surface area contributed by atoms with Gasteiger partial charge in [-0.25, -0.2) is 4.68 Å². The summed E-state index contributed by atoms with van der Waals surface area (Å²) in [6.45, 7) is 2.71. The van der Waals surface area contributed by atoms with E-state index in [9.17, 15) is 4.79 Å². The molecule has 0 spiro atoms. The van der Waals surface area contributed by atoms with Crippen LogP contribution >= 0.6 is 0 Å². The summed E-state index contributed by atoms with van der Waals surface area (Å²) in [5.74, 6) is 0.0386. The monoisotopic (exact) mass is 288 g/mol. The number of hydrogen-bond donors (Lipinski definition) is 2. The van der Waals surface area contributed by atoms with Crippen molar-refractivity contribution < 1.29 is 9.90 Å². The summed E-state index contributed by atoms with van der Waals surface area (Å²) in [4.78, 5) is 12.0. The number of carbonyl (C=O) groups is 1. The van der Waals surface area contributed by atoms with Crippen LogP contribution in [0.3, 0.4) is 0 Å². The maximum absolute atomic E-state index is 12.0. The summed E-state index contributed by atoms with van der Waals surface area (Å²) in [6.07, 6.45) is 3.21. The normalized spacial score (nSPS) is 12.1. The number of nitrogens with zero attached hydrogens (tertiary/aromatic N) is 3. The average Bonchev–Trinajstić information content (AvgIpc) is 3.02. The summed E-state index contributed by atoms with van der Waals surface area (Å²) in [6, 6.07) is 9.50.